The Hall–Kier alpha value is -2.23. The zero-order chi connectivity index (χ0) is 14.7. The minimum Gasteiger partial charge on any atom is -0.357 e. The Morgan fingerprint density at radius 3 is 2.71 bits per heavy atom. The first kappa shape index (κ1) is 13.7. The standard InChI is InChI=1S/C13H12IN7/c1-15-11-18-12(17-10-4-2-3-9(14)7-10)20-13(19-11)21-6-5-16-8-21/h2-8H,1H3,(H2,15,17,18,19,20). The summed E-state index contributed by atoms with van der Waals surface area (Å²) in [5.41, 5.74) is 0.923. The third kappa shape index (κ3) is 3.27. The molecule has 2 heterocycles. The largest absolute Gasteiger partial charge is 0.357 e. The summed E-state index contributed by atoms with van der Waals surface area (Å²) in [5, 5.41) is 6.11. The van der Waals surface area contributed by atoms with Crippen LogP contribution in [-0.2, 0) is 0 Å². The van der Waals surface area contributed by atoms with Crippen LogP contribution in [0.2, 0.25) is 0 Å². The van der Waals surface area contributed by atoms with Crippen LogP contribution in [0.3, 0.4) is 0 Å². The lowest BCUT2D eigenvalue weighted by atomic mass is 10.3. The third-order valence-electron chi connectivity index (χ3n) is 2.66. The number of aromatic nitrogens is 5. The second kappa shape index (κ2) is 6.04. The lowest BCUT2D eigenvalue weighted by molar-refractivity contribution is 0.902. The average molecular weight is 393 g/mol. The minimum absolute atomic E-state index is 0.472. The summed E-state index contributed by atoms with van der Waals surface area (Å²) < 4.78 is 2.86. The van der Waals surface area contributed by atoms with Gasteiger partial charge in [0.1, 0.15) is 6.33 Å². The van der Waals surface area contributed by atoms with Gasteiger partial charge in [0.05, 0.1) is 0 Å². The Morgan fingerprint density at radius 1 is 1.14 bits per heavy atom. The Kier molecular flexibility index (Phi) is 3.95. The van der Waals surface area contributed by atoms with Crippen molar-refractivity contribution in [2.24, 2.45) is 0 Å². The van der Waals surface area contributed by atoms with Crippen molar-refractivity contribution < 1.29 is 0 Å². The van der Waals surface area contributed by atoms with Crippen LogP contribution in [0.1, 0.15) is 0 Å². The van der Waals surface area contributed by atoms with Gasteiger partial charge < -0.3 is 10.6 Å². The van der Waals surface area contributed by atoms with E-state index in [0.29, 0.717) is 17.8 Å². The van der Waals surface area contributed by atoms with Crippen molar-refractivity contribution in [2.45, 2.75) is 0 Å². The first-order valence-electron chi connectivity index (χ1n) is 6.19. The molecule has 0 spiro atoms. The first-order chi connectivity index (χ1) is 10.2. The van der Waals surface area contributed by atoms with Crippen molar-refractivity contribution >= 4 is 40.2 Å². The van der Waals surface area contributed by atoms with Crippen LogP contribution in [0, 0.1) is 3.57 Å². The second-order valence-corrected chi connectivity index (χ2v) is 5.38. The number of halogens is 1. The zero-order valence-corrected chi connectivity index (χ0v) is 13.3. The van der Waals surface area contributed by atoms with Crippen molar-refractivity contribution in [2.75, 3.05) is 17.7 Å². The van der Waals surface area contributed by atoms with Crippen molar-refractivity contribution in [3.05, 3.63) is 46.6 Å². The molecule has 0 bridgehead atoms. The number of benzene rings is 1. The SMILES string of the molecule is CNc1nc(Nc2cccc(I)c2)nc(-n2ccnc2)n1. The van der Waals surface area contributed by atoms with Crippen LogP contribution in [0.15, 0.2) is 43.0 Å². The molecule has 0 unspecified atom stereocenters. The highest BCUT2D eigenvalue weighted by Crippen LogP contribution is 2.17. The fourth-order valence-electron chi connectivity index (χ4n) is 1.72. The molecule has 21 heavy (non-hydrogen) atoms. The fraction of sp³-hybridized carbons (Fsp3) is 0.0769. The van der Waals surface area contributed by atoms with Gasteiger partial charge in [0.2, 0.25) is 17.8 Å². The molecule has 0 radical (unpaired) electrons. The van der Waals surface area contributed by atoms with E-state index in [1.54, 1.807) is 30.3 Å². The molecule has 0 saturated heterocycles. The molecule has 8 heteroatoms. The van der Waals surface area contributed by atoms with Crippen LogP contribution in [0.5, 0.6) is 0 Å². The molecule has 0 aliphatic rings. The number of imidazole rings is 1. The van der Waals surface area contributed by atoms with E-state index in [1.165, 1.54) is 0 Å². The Balaban J connectivity index is 1.96. The van der Waals surface area contributed by atoms with Gasteiger partial charge in [-0.2, -0.15) is 15.0 Å². The van der Waals surface area contributed by atoms with Crippen molar-refractivity contribution in [1.82, 2.24) is 24.5 Å². The molecular weight excluding hydrogens is 381 g/mol. The van der Waals surface area contributed by atoms with E-state index in [0.717, 1.165) is 9.26 Å². The molecule has 0 amide bonds. The summed E-state index contributed by atoms with van der Waals surface area (Å²) in [4.78, 5) is 17.0. The summed E-state index contributed by atoms with van der Waals surface area (Å²) in [7, 11) is 1.77. The number of hydrogen-bond acceptors (Lipinski definition) is 6. The molecule has 0 aliphatic heterocycles. The second-order valence-electron chi connectivity index (χ2n) is 4.14. The van der Waals surface area contributed by atoms with Gasteiger partial charge >= 0.3 is 0 Å². The van der Waals surface area contributed by atoms with Crippen LogP contribution in [-0.4, -0.2) is 31.6 Å². The molecule has 0 atom stereocenters. The number of rotatable bonds is 4. The lowest BCUT2D eigenvalue weighted by Crippen LogP contribution is -2.08. The van der Waals surface area contributed by atoms with Crippen LogP contribution < -0.4 is 10.6 Å². The molecule has 7 nitrogen and oxygen atoms in total. The maximum Gasteiger partial charge on any atom is 0.241 e. The monoisotopic (exact) mass is 393 g/mol. The number of nitrogens with one attached hydrogen (secondary N) is 2. The van der Waals surface area contributed by atoms with Crippen molar-refractivity contribution in [3.8, 4) is 5.95 Å². The van der Waals surface area contributed by atoms with Crippen molar-refractivity contribution in [3.63, 3.8) is 0 Å². The maximum absolute atomic E-state index is 4.40. The highest BCUT2D eigenvalue weighted by molar-refractivity contribution is 14.1. The summed E-state index contributed by atoms with van der Waals surface area (Å²) in [6, 6.07) is 7.97. The van der Waals surface area contributed by atoms with E-state index < -0.39 is 0 Å². The van der Waals surface area contributed by atoms with E-state index in [1.807, 2.05) is 24.3 Å². The molecule has 0 saturated carbocycles. The van der Waals surface area contributed by atoms with Crippen molar-refractivity contribution in [1.29, 1.82) is 0 Å². The molecule has 1 aromatic carbocycles. The predicted octanol–water partition coefficient (Wildman–Crippen LogP) is 2.45. The highest BCUT2D eigenvalue weighted by Gasteiger charge is 2.07. The fourth-order valence-corrected chi connectivity index (χ4v) is 2.26. The highest BCUT2D eigenvalue weighted by atomic mass is 127. The molecule has 2 N–H and O–H groups in total. The van der Waals surface area contributed by atoms with E-state index in [2.05, 4.69) is 53.2 Å². The number of anilines is 3. The van der Waals surface area contributed by atoms with Gasteiger partial charge in [0.15, 0.2) is 0 Å². The third-order valence-corrected chi connectivity index (χ3v) is 3.33. The smallest absolute Gasteiger partial charge is 0.241 e. The van der Waals surface area contributed by atoms with Gasteiger partial charge in [-0.3, -0.25) is 4.57 Å². The first-order valence-corrected chi connectivity index (χ1v) is 7.27. The normalized spacial score (nSPS) is 10.4. The molecule has 3 aromatic rings. The maximum atomic E-state index is 4.40. The minimum atomic E-state index is 0.472. The van der Waals surface area contributed by atoms with E-state index in [4.69, 9.17) is 0 Å². The van der Waals surface area contributed by atoms with Crippen LogP contribution in [0.25, 0.3) is 5.95 Å². The van der Waals surface area contributed by atoms with Gasteiger partial charge in [-0.15, -0.1) is 0 Å². The van der Waals surface area contributed by atoms with Gasteiger partial charge in [0.25, 0.3) is 0 Å². The van der Waals surface area contributed by atoms with E-state index in [-0.39, 0.29) is 0 Å². The molecule has 2 aromatic heterocycles. The van der Waals surface area contributed by atoms with Gasteiger partial charge in [-0.05, 0) is 40.8 Å². The van der Waals surface area contributed by atoms with E-state index >= 15 is 0 Å². The Morgan fingerprint density at radius 2 is 2.00 bits per heavy atom. The van der Waals surface area contributed by atoms with E-state index in [9.17, 15) is 0 Å². The van der Waals surface area contributed by atoms with Crippen LogP contribution >= 0.6 is 22.6 Å². The Labute approximate surface area is 135 Å². The molecule has 106 valence electrons. The lowest BCUT2D eigenvalue weighted by Gasteiger charge is -2.09. The molecule has 3 rings (SSSR count). The van der Waals surface area contributed by atoms with Gasteiger partial charge in [-0.1, -0.05) is 6.07 Å². The van der Waals surface area contributed by atoms with Gasteiger partial charge in [0, 0.05) is 28.7 Å². The zero-order valence-electron chi connectivity index (χ0n) is 11.2. The number of nitrogens with zero attached hydrogens (tertiary/aromatic N) is 5. The van der Waals surface area contributed by atoms with Gasteiger partial charge in [-0.25, -0.2) is 4.98 Å². The summed E-state index contributed by atoms with van der Waals surface area (Å²) >= 11 is 2.26. The average Bonchev–Trinajstić information content (AvgIpc) is 3.01. The molecule has 0 aliphatic carbocycles. The summed E-state index contributed by atoms with van der Waals surface area (Å²) in [6.45, 7) is 0. The summed E-state index contributed by atoms with van der Waals surface area (Å²) in [6.07, 6.45) is 5.10. The summed E-state index contributed by atoms with van der Waals surface area (Å²) in [5.74, 6) is 1.46. The topological polar surface area (TPSA) is 80.5 Å². The molecule has 0 fully saturated rings. The predicted molar refractivity (Wildman–Crippen MR) is 88.9 cm³/mol. The van der Waals surface area contributed by atoms with Crippen LogP contribution in [0.4, 0.5) is 17.6 Å². The quantitative estimate of drug-likeness (QED) is 0.663. The molecular formula is C13H12IN7. The number of hydrogen-bond donors (Lipinski definition) is 2. The Bertz CT molecular complexity index is 742.